The lowest BCUT2D eigenvalue weighted by Crippen LogP contribution is -2.43. The van der Waals surface area contributed by atoms with Crippen LogP contribution in [-0.2, 0) is 6.54 Å². The molecule has 10 nitrogen and oxygen atoms in total. The Kier molecular flexibility index (Phi) is 7.11. The third kappa shape index (κ3) is 5.26. The molecule has 4 rings (SSSR count). The van der Waals surface area contributed by atoms with E-state index in [9.17, 15) is 9.90 Å². The van der Waals surface area contributed by atoms with Crippen molar-refractivity contribution in [2.24, 2.45) is 5.92 Å². The number of anilines is 2. The molecule has 0 radical (unpaired) electrons. The van der Waals surface area contributed by atoms with Gasteiger partial charge in [-0.25, -0.2) is 9.97 Å². The van der Waals surface area contributed by atoms with Crippen LogP contribution in [-0.4, -0.2) is 75.3 Å². The Morgan fingerprint density at radius 3 is 2.91 bits per heavy atom. The number of carbonyl (C=O) groups is 1. The van der Waals surface area contributed by atoms with Gasteiger partial charge < -0.3 is 26.0 Å². The van der Waals surface area contributed by atoms with Crippen LogP contribution in [0.15, 0.2) is 17.6 Å². The van der Waals surface area contributed by atoms with Gasteiger partial charge in [0.15, 0.2) is 5.65 Å². The SMILES string of the molecule is CC(C)c1cnn2c(NCc3nc(C(=O)N(C)C)cs3)cc(NCC3CCNC[C@@H]3O)nc12. The number of hydrogen-bond donors (Lipinski definition) is 4. The number of amides is 1. The minimum Gasteiger partial charge on any atom is -0.391 e. The molecule has 11 heteroatoms. The van der Waals surface area contributed by atoms with E-state index in [1.54, 1.807) is 24.0 Å². The second-order valence-electron chi connectivity index (χ2n) is 8.90. The second kappa shape index (κ2) is 10.0. The van der Waals surface area contributed by atoms with E-state index in [4.69, 9.17) is 4.98 Å². The molecule has 1 aliphatic heterocycles. The molecule has 0 aliphatic carbocycles. The van der Waals surface area contributed by atoms with Gasteiger partial charge in [0.05, 0.1) is 18.8 Å². The van der Waals surface area contributed by atoms with Crippen molar-refractivity contribution in [1.29, 1.82) is 0 Å². The van der Waals surface area contributed by atoms with Crippen molar-refractivity contribution in [3.63, 3.8) is 0 Å². The van der Waals surface area contributed by atoms with Gasteiger partial charge in [-0.2, -0.15) is 9.61 Å². The number of nitrogens with zero attached hydrogens (tertiary/aromatic N) is 5. The molecule has 0 aromatic carbocycles. The first kappa shape index (κ1) is 23.4. The van der Waals surface area contributed by atoms with Crippen molar-refractivity contribution in [3.05, 3.63) is 33.9 Å². The fourth-order valence-corrected chi connectivity index (χ4v) is 4.57. The van der Waals surface area contributed by atoms with Gasteiger partial charge in [-0.3, -0.25) is 4.79 Å². The highest BCUT2D eigenvalue weighted by Gasteiger charge is 2.23. The van der Waals surface area contributed by atoms with Crippen molar-refractivity contribution < 1.29 is 9.90 Å². The van der Waals surface area contributed by atoms with Gasteiger partial charge in [0.2, 0.25) is 0 Å². The Morgan fingerprint density at radius 1 is 1.36 bits per heavy atom. The van der Waals surface area contributed by atoms with Crippen LogP contribution in [0.4, 0.5) is 11.6 Å². The van der Waals surface area contributed by atoms with Gasteiger partial charge in [0, 0.05) is 50.1 Å². The van der Waals surface area contributed by atoms with Crippen LogP contribution in [0.5, 0.6) is 0 Å². The number of nitrogens with one attached hydrogen (secondary N) is 3. The van der Waals surface area contributed by atoms with Crippen LogP contribution in [0.25, 0.3) is 5.65 Å². The van der Waals surface area contributed by atoms with Crippen LogP contribution in [0.1, 0.15) is 47.2 Å². The normalized spacial score (nSPS) is 18.6. The number of piperidine rings is 1. The Balaban J connectivity index is 1.55. The molecular weight excluding hydrogens is 440 g/mol. The third-order valence-electron chi connectivity index (χ3n) is 5.85. The van der Waals surface area contributed by atoms with E-state index in [1.165, 1.54) is 16.2 Å². The topological polar surface area (TPSA) is 120 Å². The Labute approximate surface area is 197 Å². The molecule has 1 aliphatic rings. The molecule has 1 saturated heterocycles. The standard InChI is InChI=1S/C22H32N8O2S/c1-13(2)15-9-26-30-19(25-11-20-27-16(12-33-20)22(32)29(3)4)7-18(28-21(15)30)24-8-14-5-6-23-10-17(14)31/h7,9,12-14,17,23,25,31H,5-6,8,10-11H2,1-4H3,(H,24,28)/t14?,17-/m0/s1. The number of aliphatic hydroxyl groups is 1. The average Bonchev–Trinajstić information content (AvgIpc) is 3.43. The predicted octanol–water partition coefficient (Wildman–Crippen LogP) is 2.01. The maximum atomic E-state index is 12.1. The van der Waals surface area contributed by atoms with Gasteiger partial charge in [-0.05, 0) is 18.9 Å². The number of fused-ring (bicyclic) bond motifs is 1. The molecule has 0 saturated carbocycles. The summed E-state index contributed by atoms with van der Waals surface area (Å²) in [5.41, 5.74) is 2.31. The maximum absolute atomic E-state index is 12.1. The smallest absolute Gasteiger partial charge is 0.272 e. The summed E-state index contributed by atoms with van der Waals surface area (Å²) in [5, 5.41) is 27.4. The minimum absolute atomic E-state index is 0.107. The van der Waals surface area contributed by atoms with Crippen molar-refractivity contribution in [1.82, 2.24) is 29.8 Å². The Hall–Kier alpha value is -2.76. The monoisotopic (exact) mass is 472 g/mol. The second-order valence-corrected chi connectivity index (χ2v) is 9.84. The van der Waals surface area contributed by atoms with Crippen LogP contribution < -0.4 is 16.0 Å². The van der Waals surface area contributed by atoms with Crippen molar-refractivity contribution in [2.75, 3.05) is 44.4 Å². The van der Waals surface area contributed by atoms with E-state index in [0.29, 0.717) is 25.3 Å². The lowest BCUT2D eigenvalue weighted by atomic mass is 9.95. The average molecular weight is 473 g/mol. The zero-order valence-corrected chi connectivity index (χ0v) is 20.3. The predicted molar refractivity (Wildman–Crippen MR) is 130 cm³/mol. The summed E-state index contributed by atoms with van der Waals surface area (Å²) < 4.78 is 1.80. The van der Waals surface area contributed by atoms with Crippen molar-refractivity contribution in [3.8, 4) is 0 Å². The van der Waals surface area contributed by atoms with Gasteiger partial charge in [0.25, 0.3) is 5.91 Å². The minimum atomic E-state index is -0.363. The van der Waals surface area contributed by atoms with E-state index < -0.39 is 0 Å². The molecule has 33 heavy (non-hydrogen) atoms. The Bertz CT molecular complexity index is 1110. The first-order valence-electron chi connectivity index (χ1n) is 11.2. The highest BCUT2D eigenvalue weighted by molar-refractivity contribution is 7.09. The lowest BCUT2D eigenvalue weighted by Gasteiger charge is -2.28. The largest absolute Gasteiger partial charge is 0.391 e. The molecule has 1 fully saturated rings. The number of β-amino-alcohol motifs (C(OH)–C–C–N with tert-alkyl or cyclic N) is 1. The quantitative estimate of drug-likeness (QED) is 0.393. The summed E-state index contributed by atoms with van der Waals surface area (Å²) in [7, 11) is 3.43. The molecule has 3 aromatic rings. The van der Waals surface area contributed by atoms with E-state index in [0.717, 1.165) is 40.8 Å². The molecule has 2 atom stereocenters. The van der Waals surface area contributed by atoms with E-state index in [-0.39, 0.29) is 23.8 Å². The summed E-state index contributed by atoms with van der Waals surface area (Å²) in [6.45, 7) is 6.89. The van der Waals surface area contributed by atoms with Gasteiger partial charge >= 0.3 is 0 Å². The fraction of sp³-hybridized carbons (Fsp3) is 0.545. The third-order valence-corrected chi connectivity index (χ3v) is 6.70. The van der Waals surface area contributed by atoms with Crippen molar-refractivity contribution >= 4 is 34.5 Å². The van der Waals surface area contributed by atoms with Crippen LogP contribution >= 0.6 is 11.3 Å². The highest BCUT2D eigenvalue weighted by Crippen LogP contribution is 2.25. The van der Waals surface area contributed by atoms with Crippen LogP contribution in [0, 0.1) is 5.92 Å². The van der Waals surface area contributed by atoms with Crippen LogP contribution in [0.2, 0.25) is 0 Å². The number of aromatic nitrogens is 4. The number of aliphatic hydroxyl groups excluding tert-OH is 1. The molecule has 1 amide bonds. The fourth-order valence-electron chi connectivity index (χ4n) is 3.86. The molecule has 4 heterocycles. The molecule has 178 valence electrons. The number of rotatable bonds is 8. The number of hydrogen-bond acceptors (Lipinski definition) is 9. The molecule has 0 bridgehead atoms. The van der Waals surface area contributed by atoms with E-state index in [1.807, 2.05) is 12.3 Å². The van der Waals surface area contributed by atoms with E-state index >= 15 is 0 Å². The maximum Gasteiger partial charge on any atom is 0.272 e. The lowest BCUT2D eigenvalue weighted by molar-refractivity contribution is 0.0822. The highest BCUT2D eigenvalue weighted by atomic mass is 32.1. The molecule has 3 aromatic heterocycles. The summed E-state index contributed by atoms with van der Waals surface area (Å²) in [5.74, 6) is 1.88. The summed E-state index contributed by atoms with van der Waals surface area (Å²) >= 11 is 1.45. The van der Waals surface area contributed by atoms with E-state index in [2.05, 4.69) is 39.9 Å². The first-order chi connectivity index (χ1) is 15.8. The summed E-state index contributed by atoms with van der Waals surface area (Å²) in [4.78, 5) is 22.9. The van der Waals surface area contributed by atoms with Gasteiger partial charge in [-0.1, -0.05) is 13.8 Å². The van der Waals surface area contributed by atoms with Crippen LogP contribution in [0.3, 0.4) is 0 Å². The summed E-state index contributed by atoms with van der Waals surface area (Å²) in [6.07, 6.45) is 2.41. The zero-order chi connectivity index (χ0) is 23.5. The molecule has 0 spiro atoms. The number of carbonyl (C=O) groups excluding carboxylic acids is 1. The molecule has 1 unspecified atom stereocenters. The summed E-state index contributed by atoms with van der Waals surface area (Å²) in [6, 6.07) is 1.93. The molecule has 4 N–H and O–H groups in total. The van der Waals surface area contributed by atoms with Gasteiger partial charge in [0.1, 0.15) is 22.3 Å². The Morgan fingerprint density at radius 2 is 2.18 bits per heavy atom. The number of thiazole rings is 1. The molecular formula is C22H32N8O2S. The van der Waals surface area contributed by atoms with Gasteiger partial charge in [-0.15, -0.1) is 11.3 Å². The first-order valence-corrected chi connectivity index (χ1v) is 12.1. The zero-order valence-electron chi connectivity index (χ0n) is 19.5. The van der Waals surface area contributed by atoms with Crippen molar-refractivity contribution in [2.45, 2.75) is 38.8 Å².